The van der Waals surface area contributed by atoms with Crippen LogP contribution in [0.2, 0.25) is 0 Å². The molecule has 2 aromatic carbocycles. The first-order valence-corrected chi connectivity index (χ1v) is 13.6. The lowest BCUT2D eigenvalue weighted by Crippen LogP contribution is -2.39. The number of anilines is 1. The number of halogens is 2. The number of sulfonamides is 1. The molecular weight excluding hydrogens is 528 g/mol. The van der Waals surface area contributed by atoms with Crippen molar-refractivity contribution in [1.82, 2.24) is 14.8 Å². The number of hydrogen-bond acceptors (Lipinski definition) is 7. The predicted octanol–water partition coefficient (Wildman–Crippen LogP) is 5.11. The van der Waals surface area contributed by atoms with E-state index in [2.05, 4.69) is 10.1 Å². The SMILES string of the molecule is CCCOC(=O)N(c1cccc(-c2nn(CC)cc2-c2ccncc2)c1CN)S(=O)(=O)c1cc(F)ccc1F. The molecule has 1 amide bonds. The molecule has 12 heteroatoms. The van der Waals surface area contributed by atoms with Gasteiger partial charge in [0.1, 0.15) is 22.2 Å². The smallest absolute Gasteiger partial charge is 0.428 e. The number of benzene rings is 2. The molecule has 2 aromatic heterocycles. The summed E-state index contributed by atoms with van der Waals surface area (Å²) in [6, 6.07) is 10.2. The van der Waals surface area contributed by atoms with E-state index in [1.807, 2.05) is 13.1 Å². The molecule has 0 spiro atoms. The van der Waals surface area contributed by atoms with Gasteiger partial charge >= 0.3 is 6.09 Å². The second-order valence-corrected chi connectivity index (χ2v) is 10.2. The number of carbonyl (C=O) groups excluding carboxylic acids is 1. The monoisotopic (exact) mass is 555 g/mol. The minimum atomic E-state index is -4.98. The van der Waals surface area contributed by atoms with Gasteiger partial charge < -0.3 is 10.5 Å². The van der Waals surface area contributed by atoms with Crippen molar-refractivity contribution < 1.29 is 26.7 Å². The van der Waals surface area contributed by atoms with Crippen LogP contribution in [0, 0.1) is 11.6 Å². The van der Waals surface area contributed by atoms with Gasteiger partial charge in [0.15, 0.2) is 0 Å². The topological polar surface area (TPSA) is 120 Å². The number of carbonyl (C=O) groups is 1. The highest BCUT2D eigenvalue weighted by Crippen LogP contribution is 2.38. The Hall–Kier alpha value is -4.16. The van der Waals surface area contributed by atoms with E-state index in [4.69, 9.17) is 10.5 Å². The van der Waals surface area contributed by atoms with Crippen molar-refractivity contribution in [3.05, 3.63) is 84.3 Å². The van der Waals surface area contributed by atoms with Crippen LogP contribution in [0.4, 0.5) is 19.3 Å². The minimum absolute atomic E-state index is 0.0960. The standard InChI is InChI=1S/C27H27F2N5O4S/c1-3-14-38-27(35)34(39(36,37)25-15-19(28)8-9-23(25)29)24-7-5-6-20(21(24)16-30)26-22(17-33(4-2)32-26)18-10-12-31-13-11-18/h5-13,15,17H,3-4,14,16,30H2,1-2H3. The molecule has 0 aliphatic carbocycles. The summed E-state index contributed by atoms with van der Waals surface area (Å²) >= 11 is 0. The Morgan fingerprint density at radius 1 is 1.08 bits per heavy atom. The molecule has 0 bridgehead atoms. The number of nitrogens with two attached hydrogens (primary N) is 1. The summed E-state index contributed by atoms with van der Waals surface area (Å²) in [5.41, 5.74) is 8.69. The van der Waals surface area contributed by atoms with Crippen LogP contribution < -0.4 is 10.0 Å². The van der Waals surface area contributed by atoms with Gasteiger partial charge in [-0.25, -0.2) is 22.0 Å². The number of ether oxygens (including phenoxy) is 1. The molecule has 0 fully saturated rings. The van der Waals surface area contributed by atoms with Crippen LogP contribution in [0.1, 0.15) is 25.8 Å². The lowest BCUT2D eigenvalue weighted by Gasteiger charge is -2.25. The summed E-state index contributed by atoms with van der Waals surface area (Å²) in [4.78, 5) is 16.3. The average molecular weight is 556 g/mol. The van der Waals surface area contributed by atoms with Crippen LogP contribution in [0.25, 0.3) is 22.4 Å². The molecule has 0 unspecified atom stereocenters. The normalized spacial score (nSPS) is 11.4. The second-order valence-electron chi connectivity index (χ2n) is 8.45. The van der Waals surface area contributed by atoms with E-state index in [1.54, 1.807) is 42.2 Å². The van der Waals surface area contributed by atoms with E-state index >= 15 is 0 Å². The number of amides is 1. The fourth-order valence-corrected chi connectivity index (χ4v) is 5.53. The quantitative estimate of drug-likeness (QED) is 0.305. The fourth-order valence-electron chi connectivity index (χ4n) is 4.07. The summed E-state index contributed by atoms with van der Waals surface area (Å²) < 4.78 is 63.4. The zero-order chi connectivity index (χ0) is 28.2. The molecule has 2 N–H and O–H groups in total. The maximum atomic E-state index is 14.7. The highest BCUT2D eigenvalue weighted by Gasteiger charge is 2.37. The van der Waals surface area contributed by atoms with Crippen molar-refractivity contribution in [2.75, 3.05) is 10.9 Å². The summed E-state index contributed by atoms with van der Waals surface area (Å²) in [6.45, 7) is 3.90. The summed E-state index contributed by atoms with van der Waals surface area (Å²) in [5, 5.41) is 4.67. The van der Waals surface area contributed by atoms with Gasteiger partial charge in [0, 0.05) is 48.4 Å². The van der Waals surface area contributed by atoms with Crippen LogP contribution in [0.3, 0.4) is 0 Å². The third-order valence-corrected chi connectivity index (χ3v) is 7.61. The van der Waals surface area contributed by atoms with Crippen molar-refractivity contribution in [1.29, 1.82) is 0 Å². The Bertz CT molecular complexity index is 1590. The van der Waals surface area contributed by atoms with Gasteiger partial charge in [-0.3, -0.25) is 9.67 Å². The molecule has 204 valence electrons. The number of aryl methyl sites for hydroxylation is 1. The Morgan fingerprint density at radius 3 is 2.49 bits per heavy atom. The molecule has 4 aromatic rings. The fraction of sp³-hybridized carbons (Fsp3) is 0.222. The first-order valence-electron chi connectivity index (χ1n) is 12.2. The molecule has 0 radical (unpaired) electrons. The molecule has 39 heavy (non-hydrogen) atoms. The number of aromatic nitrogens is 3. The van der Waals surface area contributed by atoms with Crippen molar-refractivity contribution in [2.45, 2.75) is 38.3 Å². The largest absolute Gasteiger partial charge is 0.448 e. The van der Waals surface area contributed by atoms with E-state index < -0.39 is 32.6 Å². The van der Waals surface area contributed by atoms with Gasteiger partial charge in [0.2, 0.25) is 0 Å². The Balaban J connectivity index is 1.97. The Labute approximate surface area is 224 Å². The summed E-state index contributed by atoms with van der Waals surface area (Å²) in [7, 11) is -4.98. The van der Waals surface area contributed by atoms with Crippen molar-refractivity contribution >= 4 is 21.8 Å². The molecule has 0 atom stereocenters. The van der Waals surface area contributed by atoms with Crippen molar-refractivity contribution in [3.63, 3.8) is 0 Å². The minimum Gasteiger partial charge on any atom is -0.448 e. The van der Waals surface area contributed by atoms with Crippen LogP contribution in [-0.4, -0.2) is 35.9 Å². The van der Waals surface area contributed by atoms with E-state index in [0.29, 0.717) is 40.7 Å². The molecule has 0 aliphatic rings. The number of pyridine rings is 1. The van der Waals surface area contributed by atoms with Crippen molar-refractivity contribution in [3.8, 4) is 22.4 Å². The van der Waals surface area contributed by atoms with Gasteiger partial charge in [-0.05, 0) is 55.3 Å². The molecular formula is C27H27F2N5O4S. The molecule has 4 rings (SSSR count). The maximum Gasteiger partial charge on any atom is 0.428 e. The van der Waals surface area contributed by atoms with E-state index in [-0.39, 0.29) is 24.4 Å². The van der Waals surface area contributed by atoms with E-state index in [9.17, 15) is 22.0 Å². The Kier molecular flexibility index (Phi) is 8.36. The van der Waals surface area contributed by atoms with Crippen LogP contribution >= 0.6 is 0 Å². The lowest BCUT2D eigenvalue weighted by molar-refractivity contribution is 0.158. The van der Waals surface area contributed by atoms with Crippen LogP contribution in [0.5, 0.6) is 0 Å². The zero-order valence-electron chi connectivity index (χ0n) is 21.3. The average Bonchev–Trinajstić information content (AvgIpc) is 3.38. The number of nitrogens with zero attached hydrogens (tertiary/aromatic N) is 4. The molecule has 9 nitrogen and oxygen atoms in total. The highest BCUT2D eigenvalue weighted by molar-refractivity contribution is 7.93. The summed E-state index contributed by atoms with van der Waals surface area (Å²) in [6.07, 6.45) is 4.23. The zero-order valence-corrected chi connectivity index (χ0v) is 22.2. The van der Waals surface area contributed by atoms with Gasteiger partial charge in [0.05, 0.1) is 12.3 Å². The first kappa shape index (κ1) is 27.9. The maximum absolute atomic E-state index is 14.7. The third-order valence-electron chi connectivity index (χ3n) is 5.91. The second kappa shape index (κ2) is 11.7. The van der Waals surface area contributed by atoms with Crippen LogP contribution in [0.15, 0.2) is 72.0 Å². The lowest BCUT2D eigenvalue weighted by atomic mass is 9.97. The van der Waals surface area contributed by atoms with Gasteiger partial charge in [-0.1, -0.05) is 19.1 Å². The molecule has 0 saturated carbocycles. The van der Waals surface area contributed by atoms with E-state index in [0.717, 1.165) is 17.2 Å². The Morgan fingerprint density at radius 2 is 1.82 bits per heavy atom. The number of hydrogen-bond donors (Lipinski definition) is 1. The summed E-state index contributed by atoms with van der Waals surface area (Å²) in [5.74, 6) is -2.21. The molecule has 2 heterocycles. The van der Waals surface area contributed by atoms with E-state index in [1.165, 1.54) is 12.1 Å². The first-order chi connectivity index (χ1) is 18.7. The van der Waals surface area contributed by atoms with Crippen molar-refractivity contribution in [2.24, 2.45) is 5.73 Å². The number of rotatable bonds is 9. The van der Waals surface area contributed by atoms with Crippen LogP contribution in [-0.2, 0) is 27.8 Å². The predicted molar refractivity (Wildman–Crippen MR) is 142 cm³/mol. The highest BCUT2D eigenvalue weighted by atomic mass is 32.2. The van der Waals surface area contributed by atoms with Gasteiger partial charge in [-0.15, -0.1) is 0 Å². The molecule has 0 aliphatic heterocycles. The van der Waals surface area contributed by atoms with Gasteiger partial charge in [0.25, 0.3) is 10.0 Å². The molecule has 0 saturated heterocycles. The third kappa shape index (κ3) is 5.52. The van der Waals surface area contributed by atoms with Gasteiger partial charge in [-0.2, -0.15) is 9.40 Å².